The maximum atomic E-state index is 2.29. The fourth-order valence-electron chi connectivity index (χ4n) is 1.11. The Morgan fingerprint density at radius 2 is 1.67 bits per heavy atom. The highest BCUT2D eigenvalue weighted by Gasteiger charge is 1.94. The molecule has 0 radical (unpaired) electrons. The topological polar surface area (TPSA) is 0 Å². The Hall–Kier alpha value is -0.780. The van der Waals surface area contributed by atoms with Gasteiger partial charge in [0, 0.05) is 0 Å². The lowest BCUT2D eigenvalue weighted by atomic mass is 10.0. The van der Waals surface area contributed by atoms with Crippen LogP contribution in [-0.4, -0.2) is 0 Å². The molecule has 0 nitrogen and oxygen atoms in total. The first-order chi connectivity index (χ1) is 5.61. The number of hydrogen-bond donors (Lipinski definition) is 0. The lowest BCUT2D eigenvalue weighted by Gasteiger charge is -2.03. The average Bonchev–Trinajstić information content (AvgIpc) is 2.03. The van der Waals surface area contributed by atoms with Crippen molar-refractivity contribution in [2.24, 2.45) is 5.92 Å². The van der Waals surface area contributed by atoms with Gasteiger partial charge in [0.05, 0.1) is 0 Å². The molecule has 0 heterocycles. The molecule has 0 aromatic heterocycles. The Labute approximate surface area is 76.7 Å². The molecule has 0 rings (SSSR count). The molecule has 0 fully saturated rings. The van der Waals surface area contributed by atoms with Gasteiger partial charge in [-0.2, -0.15) is 0 Å². The van der Waals surface area contributed by atoms with Crippen molar-refractivity contribution in [1.29, 1.82) is 0 Å². The van der Waals surface area contributed by atoms with Gasteiger partial charge >= 0.3 is 0 Å². The van der Waals surface area contributed by atoms with E-state index in [1.807, 2.05) is 0 Å². The van der Waals surface area contributed by atoms with Crippen molar-refractivity contribution in [3.8, 4) is 0 Å². The van der Waals surface area contributed by atoms with E-state index in [1.54, 1.807) is 0 Å². The molecule has 0 bridgehead atoms. The van der Waals surface area contributed by atoms with Gasteiger partial charge < -0.3 is 0 Å². The molecular formula is C12H20. The van der Waals surface area contributed by atoms with Crippen LogP contribution in [0, 0.1) is 5.92 Å². The van der Waals surface area contributed by atoms with Gasteiger partial charge in [0.15, 0.2) is 0 Å². The Morgan fingerprint density at radius 1 is 1.08 bits per heavy atom. The molecule has 0 N–H and O–H groups in total. The molecule has 1 atom stereocenters. The third-order valence-corrected chi connectivity index (χ3v) is 2.06. The summed E-state index contributed by atoms with van der Waals surface area (Å²) in [6, 6.07) is 0. The monoisotopic (exact) mass is 164 g/mol. The van der Waals surface area contributed by atoms with Crippen molar-refractivity contribution in [3.63, 3.8) is 0 Å². The summed E-state index contributed by atoms with van der Waals surface area (Å²) < 4.78 is 0. The van der Waals surface area contributed by atoms with Gasteiger partial charge in [0.1, 0.15) is 0 Å². The fourth-order valence-corrected chi connectivity index (χ4v) is 1.11. The van der Waals surface area contributed by atoms with Gasteiger partial charge in [0.2, 0.25) is 0 Å². The van der Waals surface area contributed by atoms with Crippen molar-refractivity contribution in [1.82, 2.24) is 0 Å². The van der Waals surface area contributed by atoms with E-state index in [0.29, 0.717) is 5.92 Å². The summed E-state index contributed by atoms with van der Waals surface area (Å²) in [6.07, 6.45) is 8.73. The molecule has 0 spiro atoms. The molecule has 0 saturated heterocycles. The van der Waals surface area contributed by atoms with Crippen LogP contribution in [0.15, 0.2) is 35.5 Å². The largest absolute Gasteiger partial charge is 0.0911 e. The minimum Gasteiger partial charge on any atom is -0.0911 e. The predicted molar refractivity (Wildman–Crippen MR) is 57.2 cm³/mol. The van der Waals surface area contributed by atoms with Gasteiger partial charge in [-0.15, -0.1) is 0 Å². The van der Waals surface area contributed by atoms with Crippen LogP contribution in [0.3, 0.4) is 0 Å². The first-order valence-corrected chi connectivity index (χ1v) is 4.56. The second-order valence-electron chi connectivity index (χ2n) is 3.21. The Bertz CT molecular complexity index is 204. The van der Waals surface area contributed by atoms with E-state index in [1.165, 1.54) is 11.1 Å². The Morgan fingerprint density at radius 3 is 2.08 bits per heavy atom. The molecule has 0 aromatic rings. The smallest absolute Gasteiger partial charge is 0.00762 e. The second kappa shape index (κ2) is 5.82. The van der Waals surface area contributed by atoms with Crippen LogP contribution in [0.25, 0.3) is 0 Å². The standard InChI is InChI=1S/C12H20/c1-6-8-10(3)9-12(5)11(4)7-2/h6-10H,1-5H3/b8-6+,11-7-,12-9-. The van der Waals surface area contributed by atoms with E-state index in [2.05, 4.69) is 58.9 Å². The van der Waals surface area contributed by atoms with Gasteiger partial charge in [0.25, 0.3) is 0 Å². The average molecular weight is 164 g/mol. The van der Waals surface area contributed by atoms with Crippen LogP contribution < -0.4 is 0 Å². The molecule has 0 aliphatic carbocycles. The number of hydrogen-bond acceptors (Lipinski definition) is 0. The van der Waals surface area contributed by atoms with Crippen LogP contribution in [0.1, 0.15) is 34.6 Å². The molecule has 0 amide bonds. The maximum absolute atomic E-state index is 2.29. The van der Waals surface area contributed by atoms with Crippen LogP contribution in [0.4, 0.5) is 0 Å². The van der Waals surface area contributed by atoms with Gasteiger partial charge in [-0.1, -0.05) is 42.4 Å². The summed E-state index contributed by atoms with van der Waals surface area (Å²) in [5.41, 5.74) is 2.74. The zero-order valence-electron chi connectivity index (χ0n) is 8.89. The zero-order valence-corrected chi connectivity index (χ0v) is 8.89. The summed E-state index contributed by atoms with van der Waals surface area (Å²) in [5.74, 6) is 0.546. The van der Waals surface area contributed by atoms with Gasteiger partial charge in [-0.25, -0.2) is 0 Å². The molecule has 68 valence electrons. The van der Waals surface area contributed by atoms with Crippen molar-refractivity contribution in [3.05, 3.63) is 35.5 Å². The van der Waals surface area contributed by atoms with Crippen molar-refractivity contribution in [2.75, 3.05) is 0 Å². The van der Waals surface area contributed by atoms with Crippen molar-refractivity contribution in [2.45, 2.75) is 34.6 Å². The minimum absolute atomic E-state index is 0.546. The van der Waals surface area contributed by atoms with E-state index in [4.69, 9.17) is 0 Å². The molecular weight excluding hydrogens is 144 g/mol. The van der Waals surface area contributed by atoms with E-state index < -0.39 is 0 Å². The summed E-state index contributed by atoms with van der Waals surface area (Å²) in [5, 5.41) is 0. The third kappa shape index (κ3) is 4.17. The first kappa shape index (κ1) is 11.2. The predicted octanol–water partition coefficient (Wildman–Crippen LogP) is 4.11. The van der Waals surface area contributed by atoms with E-state index in [9.17, 15) is 0 Å². The number of rotatable bonds is 3. The molecule has 12 heavy (non-hydrogen) atoms. The highest BCUT2D eigenvalue weighted by atomic mass is 14.0. The Balaban J connectivity index is 4.35. The van der Waals surface area contributed by atoms with E-state index in [-0.39, 0.29) is 0 Å². The summed E-state index contributed by atoms with van der Waals surface area (Å²) in [4.78, 5) is 0. The summed E-state index contributed by atoms with van der Waals surface area (Å²) in [7, 11) is 0. The maximum Gasteiger partial charge on any atom is -0.00762 e. The third-order valence-electron chi connectivity index (χ3n) is 2.06. The molecule has 0 aromatic carbocycles. The summed E-state index contributed by atoms with van der Waals surface area (Å²) in [6.45, 7) is 10.6. The van der Waals surface area contributed by atoms with Crippen LogP contribution in [0.2, 0.25) is 0 Å². The van der Waals surface area contributed by atoms with E-state index in [0.717, 1.165) is 0 Å². The lowest BCUT2D eigenvalue weighted by Crippen LogP contribution is -1.86. The minimum atomic E-state index is 0.546. The van der Waals surface area contributed by atoms with Crippen molar-refractivity contribution >= 4 is 0 Å². The second-order valence-corrected chi connectivity index (χ2v) is 3.21. The fraction of sp³-hybridized carbons (Fsp3) is 0.500. The quantitative estimate of drug-likeness (QED) is 0.435. The zero-order chi connectivity index (χ0) is 9.56. The lowest BCUT2D eigenvalue weighted by molar-refractivity contribution is 0.924. The normalized spacial score (nSPS) is 17.1. The SMILES string of the molecule is C/C=C(C)\C(C)=C/C(C)/C=C/C. The van der Waals surface area contributed by atoms with Crippen LogP contribution >= 0.6 is 0 Å². The molecule has 0 heteroatoms. The molecule has 0 aliphatic rings. The van der Waals surface area contributed by atoms with Crippen molar-refractivity contribution < 1.29 is 0 Å². The highest BCUT2D eigenvalue weighted by molar-refractivity contribution is 5.27. The molecule has 0 saturated carbocycles. The van der Waals surface area contributed by atoms with E-state index >= 15 is 0 Å². The summed E-state index contributed by atoms with van der Waals surface area (Å²) >= 11 is 0. The highest BCUT2D eigenvalue weighted by Crippen LogP contribution is 2.12. The molecule has 0 aliphatic heterocycles. The van der Waals surface area contributed by atoms with Gasteiger partial charge in [-0.05, 0) is 33.6 Å². The van der Waals surface area contributed by atoms with Crippen LogP contribution in [0.5, 0.6) is 0 Å². The van der Waals surface area contributed by atoms with Gasteiger partial charge in [-0.3, -0.25) is 0 Å². The molecule has 1 unspecified atom stereocenters. The Kier molecular flexibility index (Phi) is 5.44. The number of allylic oxidation sites excluding steroid dienone is 6. The van der Waals surface area contributed by atoms with Crippen LogP contribution in [-0.2, 0) is 0 Å². The first-order valence-electron chi connectivity index (χ1n) is 4.56.